The molecule has 0 atom stereocenters. The maximum absolute atomic E-state index is 12.6. The van der Waals surface area contributed by atoms with Crippen LogP contribution in [0.25, 0.3) is 0 Å². The molecule has 1 aromatic carbocycles. The van der Waals surface area contributed by atoms with Crippen LogP contribution in [0.1, 0.15) is 87.0 Å². The Morgan fingerprint density at radius 2 is 1.92 bits per heavy atom. The summed E-state index contributed by atoms with van der Waals surface area (Å²) < 4.78 is 5.22. The van der Waals surface area contributed by atoms with Gasteiger partial charge in [0.05, 0.1) is 22.7 Å². The Morgan fingerprint density at radius 1 is 1.14 bits per heavy atom. The average Bonchev–Trinajstić information content (AvgIpc) is 3.33. The third kappa shape index (κ3) is 5.01. The van der Waals surface area contributed by atoms with Gasteiger partial charge >= 0.3 is 5.97 Å². The summed E-state index contributed by atoms with van der Waals surface area (Å²) in [6.45, 7) is 2.13. The van der Waals surface area contributed by atoms with Crippen molar-refractivity contribution in [1.82, 2.24) is 4.90 Å². The number of hydrogen-bond donors (Lipinski definition) is 1. The van der Waals surface area contributed by atoms with Gasteiger partial charge < -0.3 is 10.1 Å². The van der Waals surface area contributed by atoms with Gasteiger partial charge in [-0.05, 0) is 57.1 Å². The number of rotatable bonds is 10. The lowest BCUT2D eigenvalue weighted by molar-refractivity contribution is -0.385. The number of benzene rings is 1. The van der Waals surface area contributed by atoms with Gasteiger partial charge in [0, 0.05) is 23.9 Å². The summed E-state index contributed by atoms with van der Waals surface area (Å²) in [5, 5.41) is 14.6. The fraction of sp³-hybridized carbons (Fsp3) is 0.440. The number of hydrogen-bond acceptors (Lipinski definition) is 8. The van der Waals surface area contributed by atoms with Gasteiger partial charge in [0.15, 0.2) is 0 Å². The van der Waals surface area contributed by atoms with Crippen LogP contribution in [0.5, 0.6) is 0 Å². The van der Waals surface area contributed by atoms with Crippen molar-refractivity contribution in [2.24, 2.45) is 0 Å². The molecule has 0 spiro atoms. The molecule has 2 heterocycles. The highest BCUT2D eigenvalue weighted by Gasteiger charge is 2.40. The minimum Gasteiger partial charge on any atom is -0.462 e. The van der Waals surface area contributed by atoms with E-state index in [0.717, 1.165) is 41.0 Å². The number of carbonyl (C=O) groups excluding carboxylic acids is 4. The Balaban J connectivity index is 1.29. The number of anilines is 1. The second kappa shape index (κ2) is 11.0. The van der Waals surface area contributed by atoms with E-state index in [1.807, 2.05) is 0 Å². The highest BCUT2D eigenvalue weighted by molar-refractivity contribution is 7.17. The van der Waals surface area contributed by atoms with Crippen LogP contribution in [-0.4, -0.2) is 46.7 Å². The Morgan fingerprint density at radius 3 is 2.67 bits per heavy atom. The molecule has 1 N–H and O–H groups in total. The predicted molar refractivity (Wildman–Crippen MR) is 132 cm³/mol. The molecule has 0 unspecified atom stereocenters. The van der Waals surface area contributed by atoms with E-state index >= 15 is 0 Å². The summed E-state index contributed by atoms with van der Waals surface area (Å²) in [4.78, 5) is 63.0. The highest BCUT2D eigenvalue weighted by atomic mass is 32.1. The van der Waals surface area contributed by atoms with Gasteiger partial charge in [0.25, 0.3) is 17.5 Å². The minimum absolute atomic E-state index is 0.0460. The lowest BCUT2D eigenvalue weighted by Crippen LogP contribution is -2.30. The number of amides is 3. The molecule has 190 valence electrons. The van der Waals surface area contributed by atoms with Gasteiger partial charge in [0.2, 0.25) is 5.91 Å². The number of carbonyl (C=O) groups is 4. The minimum atomic E-state index is -0.663. The van der Waals surface area contributed by atoms with E-state index in [2.05, 4.69) is 5.32 Å². The SMILES string of the molecule is CCOC(=O)c1c(NC(=O)CCCCCN2C(=O)c3cccc([N+](=O)[O-])c3C2=O)sc2c1CCCC2. The van der Waals surface area contributed by atoms with Crippen molar-refractivity contribution >= 4 is 45.7 Å². The number of nitrogens with zero attached hydrogens (tertiary/aromatic N) is 2. The average molecular weight is 514 g/mol. The summed E-state index contributed by atoms with van der Waals surface area (Å²) in [7, 11) is 0. The van der Waals surface area contributed by atoms with E-state index in [1.54, 1.807) is 6.92 Å². The zero-order valence-corrected chi connectivity index (χ0v) is 20.8. The number of thiophene rings is 1. The second-order valence-corrected chi connectivity index (χ2v) is 9.82. The molecule has 1 aromatic heterocycles. The first-order valence-electron chi connectivity index (χ1n) is 12.1. The van der Waals surface area contributed by atoms with Gasteiger partial charge in [-0.25, -0.2) is 4.79 Å². The van der Waals surface area contributed by atoms with Crippen molar-refractivity contribution < 1.29 is 28.8 Å². The van der Waals surface area contributed by atoms with Crippen molar-refractivity contribution in [3.05, 3.63) is 55.4 Å². The summed E-state index contributed by atoms with van der Waals surface area (Å²) >= 11 is 1.44. The van der Waals surface area contributed by atoms with E-state index in [9.17, 15) is 29.3 Å². The normalized spacial score (nSPS) is 14.4. The summed E-state index contributed by atoms with van der Waals surface area (Å²) in [5.41, 5.74) is 0.973. The standard InChI is InChI=1S/C25H27N3O7S/c1-2-35-25(32)21-15-9-5-6-12-18(15)36-22(21)26-19(29)13-4-3-7-14-27-23(30)16-10-8-11-17(28(33)34)20(16)24(27)31/h8,10-11H,2-7,9,12-14H2,1H3,(H,26,29). The topological polar surface area (TPSA) is 136 Å². The molecule has 0 saturated carbocycles. The fourth-order valence-corrected chi connectivity index (χ4v) is 5.96. The number of aryl methyl sites for hydroxylation is 1. The molecule has 11 heteroatoms. The lowest BCUT2D eigenvalue weighted by Gasteiger charge is -2.13. The number of fused-ring (bicyclic) bond motifs is 2. The van der Waals surface area contributed by atoms with Gasteiger partial charge in [0.1, 0.15) is 10.6 Å². The molecule has 0 bridgehead atoms. The third-order valence-corrected chi connectivity index (χ3v) is 7.57. The summed E-state index contributed by atoms with van der Waals surface area (Å²) in [5.74, 6) is -1.82. The number of ether oxygens (including phenoxy) is 1. The van der Waals surface area contributed by atoms with E-state index in [0.29, 0.717) is 29.8 Å². The largest absolute Gasteiger partial charge is 0.462 e. The lowest BCUT2D eigenvalue weighted by atomic mass is 9.95. The summed E-state index contributed by atoms with van der Waals surface area (Å²) in [6, 6.07) is 4.02. The first-order chi connectivity index (χ1) is 17.3. The zero-order valence-electron chi connectivity index (χ0n) is 20.0. The van der Waals surface area contributed by atoms with Crippen LogP contribution in [0.2, 0.25) is 0 Å². The first-order valence-corrected chi connectivity index (χ1v) is 12.9. The van der Waals surface area contributed by atoms with Gasteiger partial charge in [-0.15, -0.1) is 11.3 Å². The van der Waals surface area contributed by atoms with Crippen LogP contribution in [0, 0.1) is 10.1 Å². The van der Waals surface area contributed by atoms with Crippen molar-refractivity contribution in [2.45, 2.75) is 58.3 Å². The van der Waals surface area contributed by atoms with Crippen LogP contribution >= 0.6 is 11.3 Å². The Labute approximate surface area is 211 Å². The smallest absolute Gasteiger partial charge is 0.341 e. The van der Waals surface area contributed by atoms with Crippen molar-refractivity contribution in [3.63, 3.8) is 0 Å². The van der Waals surface area contributed by atoms with E-state index in [4.69, 9.17) is 4.74 Å². The number of unbranched alkanes of at least 4 members (excludes halogenated alkanes) is 2. The Bertz CT molecular complexity index is 1240. The fourth-order valence-electron chi connectivity index (χ4n) is 4.67. The molecule has 36 heavy (non-hydrogen) atoms. The maximum Gasteiger partial charge on any atom is 0.341 e. The highest BCUT2D eigenvalue weighted by Crippen LogP contribution is 2.38. The number of nitrogens with one attached hydrogen (secondary N) is 1. The Kier molecular flexibility index (Phi) is 7.78. The number of nitro benzene ring substituents is 1. The van der Waals surface area contributed by atoms with Crippen molar-refractivity contribution in [1.29, 1.82) is 0 Å². The molecule has 4 rings (SSSR count). The molecular formula is C25H27N3O7S. The zero-order chi connectivity index (χ0) is 25.8. The molecule has 1 aliphatic heterocycles. The van der Waals surface area contributed by atoms with Gasteiger partial charge in [-0.2, -0.15) is 0 Å². The number of imide groups is 1. The van der Waals surface area contributed by atoms with E-state index in [1.165, 1.54) is 29.5 Å². The van der Waals surface area contributed by atoms with Crippen LogP contribution in [0.4, 0.5) is 10.7 Å². The molecule has 0 fully saturated rings. The summed E-state index contributed by atoms with van der Waals surface area (Å²) in [6.07, 6.45) is 5.55. The van der Waals surface area contributed by atoms with E-state index in [-0.39, 0.29) is 42.3 Å². The number of nitro groups is 1. The molecule has 2 aliphatic rings. The third-order valence-electron chi connectivity index (χ3n) is 6.36. The maximum atomic E-state index is 12.6. The van der Waals surface area contributed by atoms with Crippen molar-refractivity contribution in [2.75, 3.05) is 18.5 Å². The quantitative estimate of drug-likeness (QED) is 0.162. The van der Waals surface area contributed by atoms with Crippen molar-refractivity contribution in [3.8, 4) is 0 Å². The van der Waals surface area contributed by atoms with Gasteiger partial charge in [-0.3, -0.25) is 29.4 Å². The molecule has 0 saturated heterocycles. The van der Waals surface area contributed by atoms with Crippen LogP contribution in [0.15, 0.2) is 18.2 Å². The second-order valence-electron chi connectivity index (χ2n) is 8.71. The molecule has 0 radical (unpaired) electrons. The van der Waals surface area contributed by atoms with Crippen LogP contribution in [-0.2, 0) is 22.4 Å². The van der Waals surface area contributed by atoms with Gasteiger partial charge in [-0.1, -0.05) is 12.5 Å². The molecule has 1 aliphatic carbocycles. The molecule has 2 aromatic rings. The van der Waals surface area contributed by atoms with Crippen LogP contribution < -0.4 is 5.32 Å². The Hall–Kier alpha value is -3.60. The molecule has 10 nitrogen and oxygen atoms in total. The van der Waals surface area contributed by atoms with E-state index < -0.39 is 22.7 Å². The monoisotopic (exact) mass is 513 g/mol. The van der Waals surface area contributed by atoms with Crippen LogP contribution in [0.3, 0.4) is 0 Å². The molecular weight excluding hydrogens is 486 g/mol. The number of esters is 1. The first kappa shape index (κ1) is 25.5. The molecule has 3 amide bonds. The predicted octanol–water partition coefficient (Wildman–Crippen LogP) is 4.51.